The highest BCUT2D eigenvalue weighted by Gasteiger charge is 2.27. The fraction of sp³-hybridized carbons (Fsp3) is 0.333. The predicted molar refractivity (Wildman–Crippen MR) is 90.9 cm³/mol. The zero-order valence-corrected chi connectivity index (χ0v) is 14.1. The van der Waals surface area contributed by atoms with Gasteiger partial charge in [0.05, 0.1) is 10.6 Å². The average Bonchev–Trinajstić information content (AvgIpc) is 3.21. The van der Waals surface area contributed by atoms with Crippen molar-refractivity contribution in [1.29, 1.82) is 0 Å². The number of benzene rings is 1. The number of aromatic nitrogens is 1. The Kier molecular flexibility index (Phi) is 3.84. The number of hydrogen-bond acceptors (Lipinski definition) is 4. The van der Waals surface area contributed by atoms with Crippen LogP contribution in [0.2, 0.25) is 0 Å². The van der Waals surface area contributed by atoms with Crippen molar-refractivity contribution >= 4 is 27.3 Å². The van der Waals surface area contributed by atoms with Gasteiger partial charge in [0, 0.05) is 35.2 Å². The topological polar surface area (TPSA) is 46.3 Å². The molecule has 1 amide bonds. The predicted octanol–water partition coefficient (Wildman–Crippen LogP) is 4.36. The van der Waals surface area contributed by atoms with E-state index >= 15 is 0 Å². The zero-order valence-electron chi connectivity index (χ0n) is 13.3. The van der Waals surface area contributed by atoms with Crippen LogP contribution in [0.1, 0.15) is 39.9 Å². The zero-order chi connectivity index (χ0) is 16.7. The minimum atomic E-state index is -0.276. The number of halogens is 1. The van der Waals surface area contributed by atoms with Crippen molar-refractivity contribution in [3.05, 3.63) is 52.5 Å². The molecule has 1 aliphatic heterocycles. The molecule has 3 aromatic rings. The molecular weight excluding hydrogens is 327 g/mol. The smallest absolute Gasteiger partial charge is 0.263 e. The van der Waals surface area contributed by atoms with Crippen LogP contribution in [0.15, 0.2) is 34.9 Å². The first-order chi connectivity index (χ1) is 11.6. The number of rotatable bonds is 2. The van der Waals surface area contributed by atoms with E-state index in [0.29, 0.717) is 29.3 Å². The lowest BCUT2D eigenvalue weighted by atomic mass is 9.94. The molecule has 0 radical (unpaired) electrons. The minimum Gasteiger partial charge on any atom is -0.361 e. The first-order valence-electron chi connectivity index (χ1n) is 8.02. The van der Waals surface area contributed by atoms with Crippen LogP contribution < -0.4 is 0 Å². The summed E-state index contributed by atoms with van der Waals surface area (Å²) in [6.45, 7) is 3.27. The maximum absolute atomic E-state index is 13.8. The molecule has 1 aromatic carbocycles. The number of thiophene rings is 1. The van der Waals surface area contributed by atoms with Gasteiger partial charge < -0.3 is 9.42 Å². The number of aryl methyl sites for hydroxylation is 1. The van der Waals surface area contributed by atoms with Crippen molar-refractivity contribution in [2.45, 2.75) is 25.7 Å². The number of likely N-dealkylation sites (tertiary alicyclic amines) is 1. The molecule has 0 N–H and O–H groups in total. The van der Waals surface area contributed by atoms with Crippen molar-refractivity contribution in [1.82, 2.24) is 10.1 Å². The van der Waals surface area contributed by atoms with Gasteiger partial charge in [-0.3, -0.25) is 4.79 Å². The van der Waals surface area contributed by atoms with E-state index in [1.165, 1.54) is 17.4 Å². The van der Waals surface area contributed by atoms with Gasteiger partial charge in [-0.1, -0.05) is 11.2 Å². The Morgan fingerprint density at radius 3 is 2.79 bits per heavy atom. The fourth-order valence-corrected chi connectivity index (χ4v) is 4.27. The molecule has 0 atom stereocenters. The number of fused-ring (bicyclic) bond motifs is 1. The first-order valence-corrected chi connectivity index (χ1v) is 8.84. The third kappa shape index (κ3) is 2.71. The molecule has 1 aliphatic rings. The van der Waals surface area contributed by atoms with E-state index in [1.54, 1.807) is 12.1 Å². The van der Waals surface area contributed by atoms with Gasteiger partial charge in [0.15, 0.2) is 0 Å². The second-order valence-electron chi connectivity index (χ2n) is 6.20. The number of carbonyl (C=O) groups excluding carboxylic acids is 1. The van der Waals surface area contributed by atoms with Gasteiger partial charge in [0.25, 0.3) is 5.91 Å². The average molecular weight is 344 g/mol. The summed E-state index contributed by atoms with van der Waals surface area (Å²) in [6.07, 6.45) is 1.72. The van der Waals surface area contributed by atoms with E-state index in [0.717, 1.165) is 29.0 Å². The quantitative estimate of drug-likeness (QED) is 0.694. The number of amides is 1. The van der Waals surface area contributed by atoms with Gasteiger partial charge >= 0.3 is 0 Å². The van der Waals surface area contributed by atoms with Gasteiger partial charge in [0.2, 0.25) is 0 Å². The molecule has 3 heterocycles. The molecule has 4 rings (SSSR count). The Bertz CT molecular complexity index is 893. The SMILES string of the molecule is Cc1cc(C2CCN(C(=O)c3cc4c(F)cccc4s3)CC2)on1. The Morgan fingerprint density at radius 1 is 1.33 bits per heavy atom. The normalized spacial score (nSPS) is 16.0. The van der Waals surface area contributed by atoms with Crippen molar-refractivity contribution < 1.29 is 13.7 Å². The lowest BCUT2D eigenvalue weighted by Crippen LogP contribution is -2.37. The molecule has 1 saturated heterocycles. The summed E-state index contributed by atoms with van der Waals surface area (Å²) < 4.78 is 20.0. The highest BCUT2D eigenvalue weighted by atomic mass is 32.1. The van der Waals surface area contributed by atoms with Crippen molar-refractivity contribution in [2.75, 3.05) is 13.1 Å². The summed E-state index contributed by atoms with van der Waals surface area (Å²) in [7, 11) is 0. The summed E-state index contributed by atoms with van der Waals surface area (Å²) in [6, 6.07) is 8.58. The Balaban J connectivity index is 1.48. The second kappa shape index (κ2) is 6.02. The Labute approximate surface area is 142 Å². The van der Waals surface area contributed by atoms with Crippen LogP contribution in [0, 0.1) is 12.7 Å². The number of carbonyl (C=O) groups is 1. The van der Waals surface area contributed by atoms with Crippen LogP contribution in [0.5, 0.6) is 0 Å². The third-order valence-corrected chi connectivity index (χ3v) is 5.64. The van der Waals surface area contributed by atoms with Crippen molar-refractivity contribution in [2.24, 2.45) is 0 Å². The van der Waals surface area contributed by atoms with Crippen molar-refractivity contribution in [3.63, 3.8) is 0 Å². The van der Waals surface area contributed by atoms with Crippen LogP contribution >= 0.6 is 11.3 Å². The lowest BCUT2D eigenvalue weighted by Gasteiger charge is -2.30. The molecule has 0 saturated carbocycles. The number of nitrogens with zero attached hydrogens (tertiary/aromatic N) is 2. The van der Waals surface area contributed by atoms with Crippen molar-refractivity contribution in [3.8, 4) is 0 Å². The van der Waals surface area contributed by atoms with Crippen LogP contribution in [-0.2, 0) is 0 Å². The molecule has 6 heteroatoms. The van der Waals surface area contributed by atoms with Crippen LogP contribution in [0.4, 0.5) is 4.39 Å². The van der Waals surface area contributed by atoms with E-state index < -0.39 is 0 Å². The van der Waals surface area contributed by atoms with Gasteiger partial charge in [-0.25, -0.2) is 4.39 Å². The molecule has 0 bridgehead atoms. The molecule has 2 aromatic heterocycles. The standard InChI is InChI=1S/C18H17FN2O2S/c1-11-9-15(23-20-11)12-5-7-21(8-6-12)18(22)17-10-13-14(19)3-2-4-16(13)24-17/h2-4,9-10,12H,5-8H2,1H3. The lowest BCUT2D eigenvalue weighted by molar-refractivity contribution is 0.0711. The molecule has 24 heavy (non-hydrogen) atoms. The molecule has 124 valence electrons. The summed E-state index contributed by atoms with van der Waals surface area (Å²) in [5.41, 5.74) is 0.885. The highest BCUT2D eigenvalue weighted by molar-refractivity contribution is 7.20. The van der Waals surface area contributed by atoms with E-state index in [2.05, 4.69) is 5.16 Å². The first kappa shape index (κ1) is 15.3. The summed E-state index contributed by atoms with van der Waals surface area (Å²) in [5, 5.41) is 4.46. The maximum atomic E-state index is 13.8. The molecule has 0 unspecified atom stereocenters. The minimum absolute atomic E-state index is 0.0113. The molecule has 0 spiro atoms. The highest BCUT2D eigenvalue weighted by Crippen LogP contribution is 2.32. The monoisotopic (exact) mass is 344 g/mol. The van der Waals surface area contributed by atoms with Gasteiger partial charge in [-0.15, -0.1) is 11.3 Å². The second-order valence-corrected chi connectivity index (χ2v) is 7.28. The Hall–Kier alpha value is -2.21. The molecular formula is C18H17FN2O2S. The van der Waals surface area contributed by atoms with Crippen LogP contribution in [-0.4, -0.2) is 29.1 Å². The Morgan fingerprint density at radius 2 is 2.12 bits per heavy atom. The van der Waals surface area contributed by atoms with Gasteiger partial charge in [-0.2, -0.15) is 0 Å². The van der Waals surface area contributed by atoms with Crippen LogP contribution in [0.25, 0.3) is 10.1 Å². The molecule has 0 aliphatic carbocycles. The van der Waals surface area contributed by atoms with Crippen LogP contribution in [0.3, 0.4) is 0 Å². The maximum Gasteiger partial charge on any atom is 0.263 e. The summed E-state index contributed by atoms with van der Waals surface area (Å²) in [5.74, 6) is 0.934. The number of hydrogen-bond donors (Lipinski definition) is 0. The fourth-order valence-electron chi connectivity index (χ4n) is 3.23. The van der Waals surface area contributed by atoms with E-state index in [1.807, 2.05) is 24.0 Å². The van der Waals surface area contributed by atoms with Gasteiger partial charge in [0.1, 0.15) is 11.6 Å². The van der Waals surface area contributed by atoms with E-state index in [9.17, 15) is 9.18 Å². The third-order valence-electron chi connectivity index (χ3n) is 4.55. The molecule has 4 nitrogen and oxygen atoms in total. The number of piperidine rings is 1. The van der Waals surface area contributed by atoms with Gasteiger partial charge in [-0.05, 0) is 38.0 Å². The summed E-state index contributed by atoms with van der Waals surface area (Å²) >= 11 is 1.35. The van der Waals surface area contributed by atoms with E-state index in [4.69, 9.17) is 4.52 Å². The summed E-state index contributed by atoms with van der Waals surface area (Å²) in [4.78, 5) is 15.2. The van der Waals surface area contributed by atoms with E-state index in [-0.39, 0.29) is 11.7 Å². The largest absolute Gasteiger partial charge is 0.361 e. The molecule has 1 fully saturated rings.